The van der Waals surface area contributed by atoms with Crippen LogP contribution in [0.2, 0.25) is 0 Å². The molecule has 0 aliphatic heterocycles. The number of fused-ring (bicyclic) bond motifs is 4. The second-order valence-electron chi connectivity index (χ2n) is 10.8. The Morgan fingerprint density at radius 1 is 0.485 bits per heavy atom. The molecule has 2 aliphatic rings. The van der Waals surface area contributed by atoms with Crippen LogP contribution in [0.4, 0.5) is 0 Å². The van der Waals surface area contributed by atoms with Crippen LogP contribution >= 0.6 is 0 Å². The Labute approximate surface area is 197 Å². The first-order chi connectivity index (χ1) is 15.8. The van der Waals surface area contributed by atoms with E-state index in [0.717, 1.165) is 0 Å². The molecule has 0 radical (unpaired) electrons. The Morgan fingerprint density at radius 3 is 1.55 bits per heavy atom. The molecule has 33 heavy (non-hydrogen) atoms. The fourth-order valence-corrected chi connectivity index (χ4v) is 6.02. The van der Waals surface area contributed by atoms with Gasteiger partial charge in [0.2, 0.25) is 0 Å². The molecule has 0 spiro atoms. The van der Waals surface area contributed by atoms with E-state index < -0.39 is 0 Å². The van der Waals surface area contributed by atoms with Gasteiger partial charge in [-0.25, -0.2) is 0 Å². The summed E-state index contributed by atoms with van der Waals surface area (Å²) in [5.41, 5.74) is 15.1. The van der Waals surface area contributed by atoms with E-state index in [4.69, 9.17) is 0 Å². The Morgan fingerprint density at radius 2 is 0.970 bits per heavy atom. The van der Waals surface area contributed by atoms with Crippen molar-refractivity contribution < 1.29 is 0 Å². The van der Waals surface area contributed by atoms with Crippen LogP contribution in [0.3, 0.4) is 0 Å². The highest BCUT2D eigenvalue weighted by atomic mass is 14.4. The summed E-state index contributed by atoms with van der Waals surface area (Å²) in [6.45, 7) is 11.6. The van der Waals surface area contributed by atoms with Gasteiger partial charge < -0.3 is 0 Å². The molecule has 2 aliphatic carbocycles. The van der Waals surface area contributed by atoms with Gasteiger partial charge in [0.15, 0.2) is 0 Å². The average molecular weight is 427 g/mol. The molecule has 0 aromatic heterocycles. The van der Waals surface area contributed by atoms with Crippen molar-refractivity contribution in [2.24, 2.45) is 0 Å². The maximum atomic E-state index is 2.43. The molecule has 0 unspecified atom stereocenters. The normalized spacial score (nSPS) is 16.7. The molecule has 0 fully saturated rings. The first-order valence-corrected chi connectivity index (χ1v) is 12.0. The Hall–Kier alpha value is -3.38. The maximum Gasteiger partial charge on any atom is 0.0159 e. The van der Waals surface area contributed by atoms with Crippen LogP contribution in [-0.2, 0) is 10.8 Å². The summed E-state index contributed by atoms with van der Waals surface area (Å²) in [6.07, 6.45) is 2.40. The highest BCUT2D eigenvalue weighted by Crippen LogP contribution is 2.51. The third-order valence-electron chi connectivity index (χ3n) is 7.83. The zero-order valence-corrected chi connectivity index (χ0v) is 20.2. The van der Waals surface area contributed by atoms with Gasteiger partial charge in [-0.15, -0.1) is 0 Å². The van der Waals surface area contributed by atoms with Gasteiger partial charge >= 0.3 is 0 Å². The van der Waals surface area contributed by atoms with Crippen LogP contribution in [0.5, 0.6) is 0 Å². The Kier molecular flexibility index (Phi) is 4.18. The molecule has 162 valence electrons. The summed E-state index contributed by atoms with van der Waals surface area (Å²) in [5.74, 6) is 0. The smallest absolute Gasteiger partial charge is 0.0159 e. The quantitative estimate of drug-likeness (QED) is 0.300. The second-order valence-corrected chi connectivity index (χ2v) is 10.8. The number of hydrogen-bond donors (Lipinski definition) is 0. The van der Waals surface area contributed by atoms with Crippen molar-refractivity contribution in [1.82, 2.24) is 0 Å². The molecular weight excluding hydrogens is 396 g/mol. The average Bonchev–Trinajstić information content (AvgIpc) is 3.19. The minimum atomic E-state index is -0.0282. The van der Waals surface area contributed by atoms with Crippen molar-refractivity contribution in [1.29, 1.82) is 0 Å². The molecular formula is C33H30. The van der Waals surface area contributed by atoms with Gasteiger partial charge in [0.1, 0.15) is 0 Å². The molecule has 0 nitrogen and oxygen atoms in total. The van der Waals surface area contributed by atoms with E-state index in [1.807, 2.05) is 0 Å². The van der Waals surface area contributed by atoms with Crippen LogP contribution < -0.4 is 0 Å². The number of allylic oxidation sites excluding steroid dienone is 2. The van der Waals surface area contributed by atoms with Crippen LogP contribution in [0, 0.1) is 0 Å². The molecule has 0 bridgehead atoms. The van der Waals surface area contributed by atoms with Crippen LogP contribution in [0.15, 0.2) is 91.0 Å². The van der Waals surface area contributed by atoms with Crippen LogP contribution in [0.1, 0.15) is 56.9 Å². The highest BCUT2D eigenvalue weighted by Gasteiger charge is 2.36. The van der Waals surface area contributed by atoms with E-state index in [0.29, 0.717) is 0 Å². The maximum absolute atomic E-state index is 2.43. The molecule has 0 heterocycles. The monoisotopic (exact) mass is 426 g/mol. The molecule has 0 N–H and O–H groups in total. The lowest BCUT2D eigenvalue weighted by Gasteiger charge is -2.23. The van der Waals surface area contributed by atoms with Crippen molar-refractivity contribution in [3.63, 3.8) is 0 Å². The lowest BCUT2D eigenvalue weighted by Crippen LogP contribution is -2.15. The summed E-state index contributed by atoms with van der Waals surface area (Å²) < 4.78 is 0. The Balaban J connectivity index is 1.45. The first-order valence-electron chi connectivity index (χ1n) is 12.0. The molecule has 6 rings (SSSR count). The van der Waals surface area contributed by atoms with E-state index in [2.05, 4.69) is 126 Å². The van der Waals surface area contributed by atoms with Gasteiger partial charge in [-0.1, -0.05) is 101 Å². The van der Waals surface area contributed by atoms with Crippen molar-refractivity contribution in [3.05, 3.63) is 113 Å². The third kappa shape index (κ3) is 2.97. The largest absolute Gasteiger partial charge is 0.0709 e. The third-order valence-corrected chi connectivity index (χ3v) is 7.83. The lowest BCUT2D eigenvalue weighted by molar-refractivity contribution is 0.661. The topological polar surface area (TPSA) is 0 Å². The molecule has 0 heteroatoms. The van der Waals surface area contributed by atoms with Gasteiger partial charge in [-0.05, 0) is 86.3 Å². The van der Waals surface area contributed by atoms with Gasteiger partial charge in [0.25, 0.3) is 0 Å². The van der Waals surface area contributed by atoms with Crippen LogP contribution in [0.25, 0.3) is 39.0 Å². The standard InChI is InChI=1S/C33H30/c1-21-20-32(2,3)29-17-24(11-14-26(21)29)25-13-16-28-27-15-12-23(22-9-7-6-8-10-22)18-30(27)33(4,5)31(28)19-25/h6-20H,1-5H3. The number of hydrogen-bond acceptors (Lipinski definition) is 0. The molecule has 4 aromatic carbocycles. The predicted molar refractivity (Wildman–Crippen MR) is 142 cm³/mol. The van der Waals surface area contributed by atoms with Crippen LogP contribution in [-0.4, -0.2) is 0 Å². The van der Waals surface area contributed by atoms with E-state index in [9.17, 15) is 0 Å². The SMILES string of the molecule is CC1=CC(C)(C)c2cc(-c3ccc4c(c3)C(C)(C)c3cc(-c5ccccc5)ccc3-4)ccc21. The summed E-state index contributed by atoms with van der Waals surface area (Å²) >= 11 is 0. The van der Waals surface area contributed by atoms with Crippen molar-refractivity contribution >= 4 is 5.57 Å². The second kappa shape index (κ2) is 6.81. The van der Waals surface area contributed by atoms with Gasteiger partial charge in [-0.2, -0.15) is 0 Å². The fraction of sp³-hybridized carbons (Fsp3) is 0.212. The number of rotatable bonds is 2. The highest BCUT2D eigenvalue weighted by molar-refractivity contribution is 5.86. The summed E-state index contributed by atoms with van der Waals surface area (Å²) in [7, 11) is 0. The zero-order chi connectivity index (χ0) is 23.0. The minimum Gasteiger partial charge on any atom is -0.0709 e. The van der Waals surface area contributed by atoms with E-state index in [1.54, 1.807) is 0 Å². The van der Waals surface area contributed by atoms with Crippen molar-refractivity contribution in [2.75, 3.05) is 0 Å². The predicted octanol–water partition coefficient (Wildman–Crippen LogP) is 9.02. The van der Waals surface area contributed by atoms with Gasteiger partial charge in [0, 0.05) is 10.8 Å². The molecule has 0 amide bonds. The minimum absolute atomic E-state index is 0.0282. The molecule has 0 atom stereocenters. The first kappa shape index (κ1) is 20.2. The molecule has 4 aromatic rings. The summed E-state index contributed by atoms with van der Waals surface area (Å²) in [5, 5.41) is 0. The molecule has 0 saturated carbocycles. The lowest BCUT2D eigenvalue weighted by atomic mass is 9.80. The number of benzene rings is 4. The van der Waals surface area contributed by atoms with E-state index >= 15 is 0 Å². The van der Waals surface area contributed by atoms with Crippen molar-refractivity contribution in [3.8, 4) is 33.4 Å². The Bertz CT molecular complexity index is 1450. The van der Waals surface area contributed by atoms with Gasteiger partial charge in [-0.3, -0.25) is 0 Å². The molecule has 0 saturated heterocycles. The van der Waals surface area contributed by atoms with E-state index in [1.165, 1.54) is 61.2 Å². The fourth-order valence-electron chi connectivity index (χ4n) is 6.02. The summed E-state index contributed by atoms with van der Waals surface area (Å²) in [6, 6.07) is 31.8. The van der Waals surface area contributed by atoms with Gasteiger partial charge in [0.05, 0.1) is 0 Å². The zero-order valence-electron chi connectivity index (χ0n) is 20.2. The summed E-state index contributed by atoms with van der Waals surface area (Å²) in [4.78, 5) is 0. The van der Waals surface area contributed by atoms with Crippen molar-refractivity contribution in [2.45, 2.75) is 45.4 Å². The van der Waals surface area contributed by atoms with E-state index in [-0.39, 0.29) is 10.8 Å².